The summed E-state index contributed by atoms with van der Waals surface area (Å²) in [5, 5.41) is 0. The molecule has 0 aromatic rings. The van der Waals surface area contributed by atoms with E-state index in [9.17, 15) is 0 Å². The summed E-state index contributed by atoms with van der Waals surface area (Å²) >= 11 is 0. The van der Waals surface area contributed by atoms with Crippen LogP contribution < -0.4 is 0 Å². The van der Waals surface area contributed by atoms with Crippen molar-refractivity contribution in [1.82, 2.24) is 0 Å². The SMILES string of the molecule is CCCCCCCCCC(CC)C(CC(CCC)CCCCC)(C(C)CC(CCC)CCCCC)C(CC(CC)CCCCCCCC)(CC(CCC)CCCCC)C(CCC(CC)CCCCCCC)(CC(CCC)CCCCC)C(CCC)(CCCC(CC)CCCCCC)[C](CC(CCC)CCCCC)C(CCCC)CCCCCCC. The summed E-state index contributed by atoms with van der Waals surface area (Å²) in [5.74, 6) is 10.8. The average molecular weight is 1680 g/mol. The van der Waals surface area contributed by atoms with Gasteiger partial charge in [-0.3, -0.25) is 0 Å². The summed E-state index contributed by atoms with van der Waals surface area (Å²) in [6.45, 7) is 58.8. The zero-order valence-electron chi connectivity index (χ0n) is 88.8. The van der Waals surface area contributed by atoms with E-state index < -0.39 is 0 Å². The molecule has 0 bridgehead atoms. The first kappa shape index (κ1) is 120. The Balaban J connectivity index is 13.2. The zero-order valence-corrected chi connectivity index (χ0v) is 88.8. The molecule has 0 saturated heterocycles. The Kier molecular flexibility index (Phi) is 82.2. The number of rotatable bonds is 97. The van der Waals surface area contributed by atoms with Gasteiger partial charge in [-0.2, -0.15) is 0 Å². The predicted octanol–water partition coefficient (Wildman–Crippen LogP) is 44.7. The minimum absolute atomic E-state index is 0.124. The Hall–Kier alpha value is 0. The van der Waals surface area contributed by atoms with Crippen molar-refractivity contribution in [2.45, 2.75) is 679 Å². The summed E-state index contributed by atoms with van der Waals surface area (Å²) in [6.07, 6.45) is 118. The minimum atomic E-state index is 0.124. The molecule has 0 saturated carbocycles. The first-order chi connectivity index (χ1) is 58.6. The van der Waals surface area contributed by atoms with Crippen molar-refractivity contribution in [3.63, 3.8) is 0 Å². The lowest BCUT2D eigenvalue weighted by Gasteiger charge is -2.75. The quantitative estimate of drug-likeness (QED) is 0.0533. The van der Waals surface area contributed by atoms with Crippen LogP contribution in [0.1, 0.15) is 679 Å². The van der Waals surface area contributed by atoms with Gasteiger partial charge in [0, 0.05) is 0 Å². The van der Waals surface area contributed by atoms with E-state index in [1.165, 1.54) is 494 Å². The van der Waals surface area contributed by atoms with Crippen LogP contribution in [-0.4, -0.2) is 0 Å². The fraction of sp³-hybridized carbons (Fsp3) is 0.992. The molecule has 721 valence electrons. The van der Waals surface area contributed by atoms with Crippen LogP contribution in [0.5, 0.6) is 0 Å². The van der Waals surface area contributed by atoms with E-state index in [1.807, 2.05) is 0 Å². The van der Waals surface area contributed by atoms with Gasteiger partial charge in [-0.05, 0) is 176 Å². The van der Waals surface area contributed by atoms with Gasteiger partial charge in [-0.15, -0.1) is 0 Å². The minimum Gasteiger partial charge on any atom is -0.0654 e. The maximum Gasteiger partial charge on any atom is -0.0140 e. The van der Waals surface area contributed by atoms with Crippen LogP contribution in [0.3, 0.4) is 0 Å². The van der Waals surface area contributed by atoms with Crippen molar-refractivity contribution in [1.29, 1.82) is 0 Å². The van der Waals surface area contributed by atoms with Gasteiger partial charge in [0.2, 0.25) is 0 Å². The van der Waals surface area contributed by atoms with E-state index in [-0.39, 0.29) is 21.7 Å². The highest BCUT2D eigenvalue weighted by molar-refractivity contribution is 5.27. The Bertz CT molecular complexity index is 2030. The van der Waals surface area contributed by atoms with Gasteiger partial charge in [0.05, 0.1) is 0 Å². The first-order valence-corrected chi connectivity index (χ1v) is 58.5. The fourth-order valence-corrected chi connectivity index (χ4v) is 27.1. The lowest BCUT2D eigenvalue weighted by Crippen LogP contribution is -2.68. The van der Waals surface area contributed by atoms with Gasteiger partial charge < -0.3 is 0 Å². The number of unbranched alkanes of at least 4 members (excludes halogenated alkanes) is 33. The molecule has 15 unspecified atom stereocenters. The van der Waals surface area contributed by atoms with Crippen molar-refractivity contribution in [3.05, 3.63) is 5.92 Å². The zero-order chi connectivity index (χ0) is 88.9. The molecule has 0 spiro atoms. The topological polar surface area (TPSA) is 0 Å². The molecule has 15 atom stereocenters. The third kappa shape index (κ3) is 48.2. The van der Waals surface area contributed by atoms with Gasteiger partial charge in [0.25, 0.3) is 0 Å². The van der Waals surface area contributed by atoms with Gasteiger partial charge in [-0.25, -0.2) is 0 Å². The largest absolute Gasteiger partial charge is 0.0654 e. The molecule has 120 heavy (non-hydrogen) atoms. The molecule has 0 N–H and O–H groups in total. The number of hydrogen-bond donors (Lipinski definition) is 0. The third-order valence-corrected chi connectivity index (χ3v) is 33.7. The van der Waals surface area contributed by atoms with E-state index in [1.54, 1.807) is 32.1 Å². The van der Waals surface area contributed by atoms with E-state index in [0.717, 1.165) is 59.2 Å². The van der Waals surface area contributed by atoms with Crippen molar-refractivity contribution in [2.24, 2.45) is 86.8 Å². The van der Waals surface area contributed by atoms with Crippen LogP contribution in [0.4, 0.5) is 0 Å². The third-order valence-electron chi connectivity index (χ3n) is 33.7. The molecular weight excluding hydrogens is 1440 g/mol. The Morgan fingerprint density at radius 2 is 0.483 bits per heavy atom. The molecule has 0 rings (SSSR count). The smallest absolute Gasteiger partial charge is 0.0140 e. The molecule has 0 aromatic heterocycles. The predicted molar refractivity (Wildman–Crippen MR) is 555 cm³/mol. The maximum atomic E-state index is 3.25. The molecule has 0 aliphatic rings. The molecule has 0 fully saturated rings. The second-order valence-corrected chi connectivity index (χ2v) is 43.4. The summed E-state index contributed by atoms with van der Waals surface area (Å²) < 4.78 is 0. The molecule has 0 aliphatic heterocycles. The monoisotopic (exact) mass is 1680 g/mol. The van der Waals surface area contributed by atoms with Crippen molar-refractivity contribution < 1.29 is 0 Å². The molecular formula is C120H241. The normalized spacial score (nSPS) is 17.1. The van der Waals surface area contributed by atoms with E-state index in [4.69, 9.17) is 0 Å². The van der Waals surface area contributed by atoms with Crippen LogP contribution in [0.15, 0.2) is 0 Å². The van der Waals surface area contributed by atoms with Gasteiger partial charge >= 0.3 is 0 Å². The van der Waals surface area contributed by atoms with Crippen molar-refractivity contribution >= 4 is 0 Å². The summed E-state index contributed by atoms with van der Waals surface area (Å²) in [6, 6.07) is 0. The van der Waals surface area contributed by atoms with Gasteiger partial charge in [0.15, 0.2) is 0 Å². The van der Waals surface area contributed by atoms with Crippen LogP contribution >= 0.6 is 0 Å². The fourth-order valence-electron chi connectivity index (χ4n) is 27.1. The molecule has 0 heterocycles. The molecule has 0 aromatic carbocycles. The van der Waals surface area contributed by atoms with Gasteiger partial charge in [0.1, 0.15) is 0 Å². The Labute approximate surface area is 766 Å². The van der Waals surface area contributed by atoms with Crippen LogP contribution in [0.2, 0.25) is 0 Å². The number of hydrogen-bond acceptors (Lipinski definition) is 0. The second kappa shape index (κ2) is 82.2. The highest BCUT2D eigenvalue weighted by Gasteiger charge is 2.72. The summed E-state index contributed by atoms with van der Waals surface area (Å²) in [5.41, 5.74) is 0.564. The summed E-state index contributed by atoms with van der Waals surface area (Å²) in [7, 11) is 0. The van der Waals surface area contributed by atoms with Crippen LogP contribution in [0, 0.1) is 92.7 Å². The van der Waals surface area contributed by atoms with E-state index in [0.29, 0.717) is 5.92 Å². The lowest BCUT2D eigenvalue weighted by molar-refractivity contribution is -0.250. The van der Waals surface area contributed by atoms with Crippen molar-refractivity contribution in [2.75, 3.05) is 0 Å². The molecule has 0 nitrogen and oxygen atoms in total. The highest BCUT2D eigenvalue weighted by atomic mass is 14.8. The van der Waals surface area contributed by atoms with Gasteiger partial charge in [-0.1, -0.05) is 595 Å². The first-order valence-electron chi connectivity index (χ1n) is 58.5. The Morgan fingerprint density at radius 3 is 0.892 bits per heavy atom. The molecule has 0 aliphatic carbocycles. The van der Waals surface area contributed by atoms with Crippen molar-refractivity contribution in [3.8, 4) is 0 Å². The average Bonchev–Trinajstić information content (AvgIpc) is 0.672. The standard InChI is InChI=1S/C120H241/c1-23-44-55-60-62-66-76-94-115(43-21)120(104-113(82-38-16)90-71-53-32-10,105(22)99-109(78-34-12)86-67-49-28-6)119(103-112(81-37-15)89-70-52-31-9,101-108(42-20)85-74-65-61-56-45-24-2)118(102-111(80-36-14)88-69-51-30-8,98-95-107(41-19)84-73-63-57-46-25-3)117(96-39-17,97-77-91-106(40-18)83-72-59-48-27-5)116(100-110(79-35-13)87-68-50-29-7)114(92-54-33-11)93-75-64-58-47-26-4/h105-115H,23-104H2,1-22H3. The van der Waals surface area contributed by atoms with Crippen LogP contribution in [0.25, 0.3) is 0 Å². The molecule has 1 radical (unpaired) electrons. The van der Waals surface area contributed by atoms with E-state index in [2.05, 4.69) is 158 Å². The van der Waals surface area contributed by atoms with E-state index >= 15 is 0 Å². The molecule has 0 heteroatoms. The maximum absolute atomic E-state index is 3.25. The summed E-state index contributed by atoms with van der Waals surface area (Å²) in [4.78, 5) is 0. The second-order valence-electron chi connectivity index (χ2n) is 43.4. The van der Waals surface area contributed by atoms with Crippen LogP contribution in [-0.2, 0) is 0 Å². The highest BCUT2D eigenvalue weighted by Crippen LogP contribution is 2.80. The Morgan fingerprint density at radius 1 is 0.192 bits per heavy atom. The molecule has 0 amide bonds. The lowest BCUT2D eigenvalue weighted by atomic mass is 9.29.